The number of hydrogen-bond acceptors (Lipinski definition) is 2. The fraction of sp³-hybridized carbons (Fsp3) is 0.238. The van der Waals surface area contributed by atoms with Crippen LogP contribution in [0.15, 0.2) is 48.5 Å². The maximum atomic E-state index is 13.5. The van der Waals surface area contributed by atoms with Crippen molar-refractivity contribution in [1.29, 1.82) is 0 Å². The van der Waals surface area contributed by atoms with Crippen LogP contribution in [0.3, 0.4) is 0 Å². The second-order valence-corrected chi connectivity index (χ2v) is 7.37. The first kappa shape index (κ1) is 16.4. The number of carbonyl (C=O) groups is 1. The molecular weight excluding hydrogens is 361 g/mol. The van der Waals surface area contributed by atoms with Crippen LogP contribution in [0.4, 0.5) is 4.39 Å². The number of thiocarbonyl (C=S) groups is 1. The second kappa shape index (κ2) is 5.89. The number of halogens is 1. The lowest BCUT2D eigenvalue weighted by Gasteiger charge is -2.37. The summed E-state index contributed by atoms with van der Waals surface area (Å²) in [5.74, 6) is -0.233. The predicted octanol–water partition coefficient (Wildman–Crippen LogP) is 3.77. The molecule has 0 spiro atoms. The number of hydrogen-bond donors (Lipinski definition) is 1. The van der Waals surface area contributed by atoms with E-state index in [0.717, 1.165) is 27.7 Å². The fourth-order valence-electron chi connectivity index (χ4n) is 4.41. The summed E-state index contributed by atoms with van der Waals surface area (Å²) in [6.07, 6.45) is 0.618. The second-order valence-electron chi connectivity index (χ2n) is 7.01. The van der Waals surface area contributed by atoms with Crippen LogP contribution in [-0.4, -0.2) is 38.4 Å². The molecule has 0 saturated carbocycles. The van der Waals surface area contributed by atoms with Gasteiger partial charge in [-0.1, -0.05) is 30.3 Å². The smallest absolute Gasteiger partial charge is 0.251 e. The molecule has 4 nitrogen and oxygen atoms in total. The van der Waals surface area contributed by atoms with Gasteiger partial charge in [0.2, 0.25) is 0 Å². The maximum Gasteiger partial charge on any atom is 0.251 e. The zero-order valence-corrected chi connectivity index (χ0v) is 15.6. The average Bonchev–Trinajstić information content (AvgIpc) is 3.16. The average molecular weight is 379 g/mol. The monoisotopic (exact) mass is 379 g/mol. The number of amides is 1. The van der Waals surface area contributed by atoms with E-state index in [1.165, 1.54) is 12.1 Å². The molecule has 0 aliphatic carbocycles. The number of benzene rings is 2. The van der Waals surface area contributed by atoms with Crippen molar-refractivity contribution in [2.24, 2.45) is 0 Å². The zero-order chi connectivity index (χ0) is 18.7. The Bertz CT molecular complexity index is 1070. The van der Waals surface area contributed by atoms with Crippen LogP contribution in [0.25, 0.3) is 10.9 Å². The number of H-pyrrole nitrogens is 1. The molecule has 3 aromatic rings. The number of carbonyl (C=O) groups excluding carboxylic acids is 1. The molecule has 0 bridgehead atoms. The van der Waals surface area contributed by atoms with Crippen molar-refractivity contribution in [3.05, 3.63) is 71.2 Å². The summed E-state index contributed by atoms with van der Waals surface area (Å²) in [6.45, 7) is 2.49. The number of nitrogens with zero attached hydrogens (tertiary/aromatic N) is 2. The summed E-state index contributed by atoms with van der Waals surface area (Å²) in [4.78, 5) is 20.2. The van der Waals surface area contributed by atoms with E-state index in [2.05, 4.69) is 11.1 Å². The van der Waals surface area contributed by atoms with Gasteiger partial charge in [0.15, 0.2) is 5.11 Å². The lowest BCUT2D eigenvalue weighted by molar-refractivity contribution is -0.128. The molecule has 1 amide bonds. The third-order valence-electron chi connectivity index (χ3n) is 5.64. The van der Waals surface area contributed by atoms with Crippen LogP contribution in [0.1, 0.15) is 29.8 Å². The largest absolute Gasteiger partial charge is 0.356 e. The standard InChI is InChI=1S/C21H18FN3OS/c1-2-24-20(26)17-11-15-14-5-3-4-6-16(14)23-18(15)19(25(17)21(24)27)12-7-9-13(22)10-8-12/h3-10,17,19,23H,2,11H2,1H3/t17-,19?/m0/s1. The first-order valence-electron chi connectivity index (χ1n) is 9.08. The van der Waals surface area contributed by atoms with Crippen LogP contribution in [0, 0.1) is 5.82 Å². The number of fused-ring (bicyclic) bond motifs is 4. The van der Waals surface area contributed by atoms with Gasteiger partial charge in [-0.05, 0) is 48.5 Å². The molecule has 1 saturated heterocycles. The van der Waals surface area contributed by atoms with Crippen LogP contribution in [0.5, 0.6) is 0 Å². The molecule has 3 heterocycles. The minimum atomic E-state index is -0.320. The van der Waals surface area contributed by atoms with Gasteiger partial charge in [0, 0.05) is 29.6 Å². The van der Waals surface area contributed by atoms with Crippen molar-refractivity contribution >= 4 is 34.1 Å². The Kier molecular flexibility index (Phi) is 3.59. The molecule has 2 aliphatic rings. The SMILES string of the molecule is CCN1C(=O)[C@@H]2Cc3c([nH]c4ccccc34)C(c3ccc(F)cc3)N2C1=S. The highest BCUT2D eigenvalue weighted by molar-refractivity contribution is 7.80. The number of aromatic amines is 1. The Balaban J connectivity index is 1.75. The summed E-state index contributed by atoms with van der Waals surface area (Å²) in [5, 5.41) is 1.68. The van der Waals surface area contributed by atoms with E-state index in [4.69, 9.17) is 12.2 Å². The van der Waals surface area contributed by atoms with E-state index in [-0.39, 0.29) is 23.8 Å². The summed E-state index contributed by atoms with van der Waals surface area (Å²) >= 11 is 5.67. The highest BCUT2D eigenvalue weighted by Crippen LogP contribution is 2.43. The van der Waals surface area contributed by atoms with E-state index in [0.29, 0.717) is 18.1 Å². The van der Waals surface area contributed by atoms with E-state index < -0.39 is 0 Å². The Labute approximate surface area is 161 Å². The van der Waals surface area contributed by atoms with Gasteiger partial charge in [-0.2, -0.15) is 0 Å². The van der Waals surface area contributed by atoms with Crippen LogP contribution < -0.4 is 0 Å². The lowest BCUT2D eigenvalue weighted by atomic mass is 9.89. The van der Waals surface area contributed by atoms with Gasteiger partial charge in [0.1, 0.15) is 11.9 Å². The van der Waals surface area contributed by atoms with Crippen molar-refractivity contribution in [2.75, 3.05) is 6.54 Å². The topological polar surface area (TPSA) is 39.3 Å². The van der Waals surface area contributed by atoms with Gasteiger partial charge in [-0.3, -0.25) is 9.69 Å². The third-order valence-corrected chi connectivity index (χ3v) is 6.07. The molecule has 2 atom stereocenters. The molecule has 2 aliphatic heterocycles. The van der Waals surface area contributed by atoms with Crippen molar-refractivity contribution in [3.63, 3.8) is 0 Å². The number of nitrogens with one attached hydrogen (secondary N) is 1. The van der Waals surface area contributed by atoms with Gasteiger partial charge < -0.3 is 9.88 Å². The van der Waals surface area contributed by atoms with E-state index in [1.54, 1.807) is 17.0 Å². The Morgan fingerprint density at radius 3 is 2.67 bits per heavy atom. The maximum absolute atomic E-state index is 13.5. The molecule has 5 rings (SSSR count). The van der Waals surface area contributed by atoms with Crippen molar-refractivity contribution in [1.82, 2.24) is 14.8 Å². The van der Waals surface area contributed by atoms with E-state index >= 15 is 0 Å². The summed E-state index contributed by atoms with van der Waals surface area (Å²) in [5.41, 5.74) is 4.14. The van der Waals surface area contributed by atoms with Crippen LogP contribution >= 0.6 is 12.2 Å². The van der Waals surface area contributed by atoms with Crippen molar-refractivity contribution in [2.45, 2.75) is 25.4 Å². The molecule has 136 valence electrons. The number of likely N-dealkylation sites (N-methyl/N-ethyl adjacent to an activating group) is 1. The van der Waals surface area contributed by atoms with Crippen LogP contribution in [-0.2, 0) is 11.2 Å². The number of rotatable bonds is 2. The molecule has 1 N–H and O–H groups in total. The molecule has 27 heavy (non-hydrogen) atoms. The molecule has 2 aromatic carbocycles. The lowest BCUT2D eigenvalue weighted by Crippen LogP contribution is -2.44. The van der Waals surface area contributed by atoms with Crippen molar-refractivity contribution in [3.8, 4) is 0 Å². The Morgan fingerprint density at radius 1 is 1.19 bits per heavy atom. The van der Waals surface area contributed by atoms with Gasteiger partial charge >= 0.3 is 0 Å². The zero-order valence-electron chi connectivity index (χ0n) is 14.8. The van der Waals surface area contributed by atoms with E-state index in [9.17, 15) is 9.18 Å². The predicted molar refractivity (Wildman–Crippen MR) is 106 cm³/mol. The van der Waals surface area contributed by atoms with E-state index in [1.807, 2.05) is 30.0 Å². The minimum absolute atomic E-state index is 0.0468. The van der Waals surface area contributed by atoms with Gasteiger partial charge in [-0.15, -0.1) is 0 Å². The van der Waals surface area contributed by atoms with Gasteiger partial charge in [0.25, 0.3) is 5.91 Å². The first-order valence-corrected chi connectivity index (χ1v) is 9.49. The normalized spacial score (nSPS) is 21.7. The van der Waals surface area contributed by atoms with Gasteiger partial charge in [0.05, 0.1) is 6.04 Å². The highest BCUT2D eigenvalue weighted by Gasteiger charge is 2.49. The quantitative estimate of drug-likeness (QED) is 0.689. The Hall–Kier alpha value is -2.73. The van der Waals surface area contributed by atoms with Gasteiger partial charge in [-0.25, -0.2) is 4.39 Å². The van der Waals surface area contributed by atoms with Crippen LogP contribution in [0.2, 0.25) is 0 Å². The summed E-state index contributed by atoms with van der Waals surface area (Å²) in [6, 6.07) is 14.0. The number of aromatic nitrogens is 1. The highest BCUT2D eigenvalue weighted by atomic mass is 32.1. The third kappa shape index (κ3) is 2.26. The summed E-state index contributed by atoms with van der Waals surface area (Å²) in [7, 11) is 0. The molecule has 1 aromatic heterocycles. The molecular formula is C21H18FN3OS. The molecule has 1 fully saturated rings. The summed E-state index contributed by atoms with van der Waals surface area (Å²) < 4.78 is 13.5. The molecule has 1 unspecified atom stereocenters. The fourth-order valence-corrected chi connectivity index (χ4v) is 4.86. The Morgan fingerprint density at radius 2 is 1.93 bits per heavy atom. The first-order chi connectivity index (χ1) is 13.1. The molecule has 0 radical (unpaired) electrons. The van der Waals surface area contributed by atoms with Crippen molar-refractivity contribution < 1.29 is 9.18 Å². The number of para-hydroxylation sites is 1. The molecule has 6 heteroatoms. The minimum Gasteiger partial charge on any atom is -0.356 e.